The molecule has 0 aliphatic heterocycles. The summed E-state index contributed by atoms with van der Waals surface area (Å²) >= 11 is 0. The molecule has 2 rings (SSSR count). The lowest BCUT2D eigenvalue weighted by molar-refractivity contribution is -0.0278. The van der Waals surface area contributed by atoms with E-state index in [1.165, 1.54) is 12.8 Å². The van der Waals surface area contributed by atoms with E-state index in [4.69, 9.17) is 4.74 Å². The summed E-state index contributed by atoms with van der Waals surface area (Å²) in [7, 11) is 0. The molecule has 0 amide bonds. The molecule has 124 valence electrons. The van der Waals surface area contributed by atoms with E-state index < -0.39 is 0 Å². The van der Waals surface area contributed by atoms with E-state index in [0.717, 1.165) is 25.3 Å². The topological polar surface area (TPSA) is 41.5 Å². The number of ether oxygens (including phenoxy) is 1. The largest absolute Gasteiger partial charge is 0.389 e. The Kier molecular flexibility index (Phi) is 5.38. The van der Waals surface area contributed by atoms with Gasteiger partial charge in [0.15, 0.2) is 0 Å². The second-order valence-corrected chi connectivity index (χ2v) is 8.52. The molecular formula is C18H35NO2. The van der Waals surface area contributed by atoms with Crippen molar-refractivity contribution in [1.29, 1.82) is 0 Å². The fraction of sp³-hybridized carbons (Fsp3) is 1.00. The summed E-state index contributed by atoms with van der Waals surface area (Å²) < 4.78 is 5.86. The van der Waals surface area contributed by atoms with Crippen LogP contribution in [0.2, 0.25) is 0 Å². The van der Waals surface area contributed by atoms with Crippen molar-refractivity contribution in [2.24, 2.45) is 22.7 Å². The summed E-state index contributed by atoms with van der Waals surface area (Å²) in [5.74, 6) is 1.56. The molecule has 0 saturated heterocycles. The minimum absolute atomic E-state index is 0.372. The molecule has 0 spiro atoms. The second kappa shape index (κ2) is 6.55. The van der Waals surface area contributed by atoms with E-state index >= 15 is 0 Å². The van der Waals surface area contributed by atoms with Gasteiger partial charge in [0.1, 0.15) is 0 Å². The molecule has 1 unspecified atom stereocenters. The summed E-state index contributed by atoms with van der Waals surface area (Å²) in [6.45, 7) is 13.8. The fourth-order valence-corrected chi connectivity index (χ4v) is 3.94. The summed E-state index contributed by atoms with van der Waals surface area (Å²) in [6.07, 6.45) is 4.85. The van der Waals surface area contributed by atoms with Crippen LogP contribution in [0.1, 0.15) is 60.3 Å². The minimum atomic E-state index is -0.380. The lowest BCUT2D eigenvalue weighted by Crippen LogP contribution is -2.34. The minimum Gasteiger partial charge on any atom is -0.389 e. The Morgan fingerprint density at radius 1 is 1.10 bits per heavy atom. The third kappa shape index (κ3) is 4.00. The van der Waals surface area contributed by atoms with Gasteiger partial charge >= 0.3 is 0 Å². The van der Waals surface area contributed by atoms with Crippen LogP contribution in [-0.2, 0) is 4.74 Å². The van der Waals surface area contributed by atoms with E-state index in [2.05, 4.69) is 39.9 Å². The van der Waals surface area contributed by atoms with Gasteiger partial charge in [0.25, 0.3) is 0 Å². The molecule has 0 radical (unpaired) electrons. The maximum Gasteiger partial charge on any atom is 0.0897 e. The zero-order valence-electron chi connectivity index (χ0n) is 14.6. The van der Waals surface area contributed by atoms with Gasteiger partial charge in [-0.05, 0) is 54.9 Å². The average molecular weight is 297 g/mol. The van der Waals surface area contributed by atoms with Crippen molar-refractivity contribution in [2.45, 2.75) is 72.5 Å². The highest BCUT2D eigenvalue weighted by atomic mass is 16.5. The number of nitrogens with one attached hydrogen (secondary N) is 1. The predicted molar refractivity (Wildman–Crippen MR) is 87.3 cm³/mol. The Labute approximate surface area is 130 Å². The van der Waals surface area contributed by atoms with Gasteiger partial charge in [-0.3, -0.25) is 0 Å². The summed E-state index contributed by atoms with van der Waals surface area (Å²) in [5.41, 5.74) is 0.834. The average Bonchev–Trinajstić information content (AvgIpc) is 2.80. The third-order valence-electron chi connectivity index (χ3n) is 6.54. The Balaban J connectivity index is 1.55. The first-order valence-electron chi connectivity index (χ1n) is 8.75. The van der Waals surface area contributed by atoms with Crippen LogP contribution in [0.3, 0.4) is 0 Å². The number of aliphatic hydroxyl groups excluding tert-OH is 1. The maximum atomic E-state index is 10.0. The van der Waals surface area contributed by atoms with Crippen molar-refractivity contribution in [3.63, 3.8) is 0 Å². The second-order valence-electron chi connectivity index (χ2n) is 8.52. The molecule has 2 aliphatic rings. The summed E-state index contributed by atoms with van der Waals surface area (Å²) in [5, 5.41) is 13.5. The van der Waals surface area contributed by atoms with E-state index in [-0.39, 0.29) is 6.10 Å². The zero-order valence-corrected chi connectivity index (χ0v) is 14.6. The highest BCUT2D eigenvalue weighted by Crippen LogP contribution is 2.67. The van der Waals surface area contributed by atoms with Crippen LogP contribution in [0.4, 0.5) is 0 Å². The molecule has 1 atom stereocenters. The third-order valence-corrected chi connectivity index (χ3v) is 6.54. The van der Waals surface area contributed by atoms with Gasteiger partial charge in [0.2, 0.25) is 0 Å². The van der Waals surface area contributed by atoms with Gasteiger partial charge in [0.05, 0.1) is 18.8 Å². The molecular weight excluding hydrogens is 262 g/mol. The predicted octanol–water partition coefficient (Wildman–Crippen LogP) is 3.21. The Morgan fingerprint density at radius 3 is 2.19 bits per heavy atom. The molecule has 21 heavy (non-hydrogen) atoms. The molecule has 2 saturated carbocycles. The quantitative estimate of drug-likeness (QED) is 0.758. The first kappa shape index (κ1) is 17.2. The zero-order chi connectivity index (χ0) is 15.7. The van der Waals surface area contributed by atoms with Crippen molar-refractivity contribution < 1.29 is 9.84 Å². The summed E-state index contributed by atoms with van der Waals surface area (Å²) in [4.78, 5) is 0. The first-order chi connectivity index (χ1) is 9.75. The molecule has 2 aliphatic carbocycles. The van der Waals surface area contributed by atoms with Crippen LogP contribution in [0, 0.1) is 22.7 Å². The van der Waals surface area contributed by atoms with Crippen LogP contribution in [0.25, 0.3) is 0 Å². The summed E-state index contributed by atoms with van der Waals surface area (Å²) in [6, 6.07) is 0. The molecule has 2 N–H and O–H groups in total. The fourth-order valence-electron chi connectivity index (χ4n) is 3.94. The highest BCUT2D eigenvalue weighted by Gasteiger charge is 2.63. The molecule has 3 heteroatoms. The lowest BCUT2D eigenvalue weighted by Gasteiger charge is -2.27. The standard InChI is InChI=1S/C18H35NO2/c1-13-6-8-15(9-7-13)21-12-14(20)10-19-11-16-17(2,3)18(16,4)5/h13-16,19-20H,6-12H2,1-5H3. The molecule has 0 heterocycles. The number of hydrogen-bond acceptors (Lipinski definition) is 3. The highest BCUT2D eigenvalue weighted by molar-refractivity contribution is 5.12. The van der Waals surface area contributed by atoms with Crippen molar-refractivity contribution in [2.75, 3.05) is 19.7 Å². The van der Waals surface area contributed by atoms with Crippen LogP contribution < -0.4 is 5.32 Å². The van der Waals surface area contributed by atoms with Crippen LogP contribution in [0.15, 0.2) is 0 Å². The molecule has 0 aromatic carbocycles. The monoisotopic (exact) mass is 297 g/mol. The van der Waals surface area contributed by atoms with Crippen molar-refractivity contribution in [3.8, 4) is 0 Å². The smallest absolute Gasteiger partial charge is 0.0897 e. The van der Waals surface area contributed by atoms with Crippen LogP contribution >= 0.6 is 0 Å². The van der Waals surface area contributed by atoms with Crippen molar-refractivity contribution >= 4 is 0 Å². The van der Waals surface area contributed by atoms with Crippen LogP contribution in [0.5, 0.6) is 0 Å². The van der Waals surface area contributed by atoms with Crippen molar-refractivity contribution in [1.82, 2.24) is 5.32 Å². The molecule has 2 fully saturated rings. The van der Waals surface area contributed by atoms with E-state index in [9.17, 15) is 5.11 Å². The van der Waals surface area contributed by atoms with E-state index in [1.807, 2.05) is 0 Å². The number of hydrogen-bond donors (Lipinski definition) is 2. The normalized spacial score (nSPS) is 32.9. The molecule has 0 bridgehead atoms. The van der Waals surface area contributed by atoms with Crippen molar-refractivity contribution in [3.05, 3.63) is 0 Å². The van der Waals surface area contributed by atoms with Gasteiger partial charge in [-0.25, -0.2) is 0 Å². The number of aliphatic hydroxyl groups is 1. The number of rotatable bonds is 7. The van der Waals surface area contributed by atoms with E-state index in [1.54, 1.807) is 0 Å². The Hall–Kier alpha value is -0.120. The SMILES string of the molecule is CC1CCC(OCC(O)CNCC2C(C)(C)C2(C)C)CC1. The molecule has 0 aromatic heterocycles. The first-order valence-corrected chi connectivity index (χ1v) is 8.75. The maximum absolute atomic E-state index is 10.0. The Morgan fingerprint density at radius 2 is 1.67 bits per heavy atom. The molecule has 3 nitrogen and oxygen atoms in total. The van der Waals surface area contributed by atoms with Gasteiger partial charge in [-0.2, -0.15) is 0 Å². The van der Waals surface area contributed by atoms with Gasteiger partial charge in [0, 0.05) is 6.54 Å². The van der Waals surface area contributed by atoms with Gasteiger partial charge in [-0.1, -0.05) is 34.6 Å². The Bertz CT molecular complexity index is 318. The van der Waals surface area contributed by atoms with E-state index in [0.29, 0.717) is 36.0 Å². The lowest BCUT2D eigenvalue weighted by atomic mass is 9.89. The van der Waals surface area contributed by atoms with Gasteiger partial charge < -0.3 is 15.2 Å². The van der Waals surface area contributed by atoms with Crippen LogP contribution in [-0.4, -0.2) is 37.0 Å². The van der Waals surface area contributed by atoms with Gasteiger partial charge in [-0.15, -0.1) is 0 Å². The molecule has 0 aromatic rings.